The van der Waals surface area contributed by atoms with Gasteiger partial charge in [0.25, 0.3) is 10.1 Å². The Morgan fingerprint density at radius 1 is 0.667 bits per heavy atom. The highest BCUT2D eigenvalue weighted by molar-refractivity contribution is 7.85. The Hall–Kier alpha value is -1.44. The van der Waals surface area contributed by atoms with Crippen molar-refractivity contribution in [1.29, 1.82) is 0 Å². The highest BCUT2D eigenvalue weighted by Gasteiger charge is 2.24. The zero-order valence-electron chi connectivity index (χ0n) is 25.0. The van der Waals surface area contributed by atoms with Gasteiger partial charge in [-0.05, 0) is 57.8 Å². The van der Waals surface area contributed by atoms with Crippen molar-refractivity contribution >= 4 is 16.0 Å². The van der Waals surface area contributed by atoms with E-state index in [4.69, 9.17) is 0 Å². The van der Waals surface area contributed by atoms with Crippen LogP contribution in [0.3, 0.4) is 0 Å². The fraction of sp³-hybridized carbons (Fsp3) is 0.781. The lowest BCUT2D eigenvalue weighted by atomic mass is 10.1. The van der Waals surface area contributed by atoms with E-state index in [0.717, 1.165) is 44.9 Å². The molecule has 0 aliphatic carbocycles. The number of unbranched alkanes of at least 4 members (excludes halogenated alkanes) is 15. The summed E-state index contributed by atoms with van der Waals surface area (Å²) in [6.07, 6.45) is 32.7. The number of allylic oxidation sites excluding steroid dienone is 5. The van der Waals surface area contributed by atoms with Crippen molar-refractivity contribution in [2.45, 2.75) is 154 Å². The van der Waals surface area contributed by atoms with Gasteiger partial charge in [0.15, 0.2) is 0 Å². The maximum Gasteiger partial charge on any atom is 0.267 e. The van der Waals surface area contributed by atoms with Crippen LogP contribution in [0.1, 0.15) is 142 Å². The summed E-state index contributed by atoms with van der Waals surface area (Å²) in [6, 6.07) is -1.07. The topological polar surface area (TPSA) is 104 Å². The molecule has 0 fully saturated rings. The van der Waals surface area contributed by atoms with Gasteiger partial charge in [0.2, 0.25) is 5.91 Å². The highest BCUT2D eigenvalue weighted by atomic mass is 32.2. The molecule has 3 N–H and O–H groups in total. The molecule has 0 saturated carbocycles. The molecule has 0 aliphatic heterocycles. The maximum absolute atomic E-state index is 12.4. The summed E-state index contributed by atoms with van der Waals surface area (Å²) in [5.41, 5.74) is 0. The van der Waals surface area contributed by atoms with Gasteiger partial charge < -0.3 is 10.4 Å². The van der Waals surface area contributed by atoms with Gasteiger partial charge in [-0.15, -0.1) is 0 Å². The minimum absolute atomic E-state index is 0.277. The van der Waals surface area contributed by atoms with Crippen LogP contribution in [-0.4, -0.2) is 41.9 Å². The van der Waals surface area contributed by atoms with Crippen LogP contribution in [0, 0.1) is 0 Å². The van der Waals surface area contributed by atoms with E-state index in [9.17, 15) is 22.9 Å². The third-order valence-electron chi connectivity index (χ3n) is 6.79. The second-order valence-corrected chi connectivity index (χ2v) is 12.2. The smallest absolute Gasteiger partial charge is 0.267 e. The summed E-state index contributed by atoms with van der Waals surface area (Å²) in [7, 11) is -4.34. The van der Waals surface area contributed by atoms with Crippen molar-refractivity contribution in [1.82, 2.24) is 5.32 Å². The van der Waals surface area contributed by atoms with Crippen molar-refractivity contribution in [3.05, 3.63) is 36.5 Å². The maximum atomic E-state index is 12.4. The van der Waals surface area contributed by atoms with Crippen LogP contribution >= 0.6 is 0 Å². The van der Waals surface area contributed by atoms with Crippen molar-refractivity contribution in [2.24, 2.45) is 0 Å². The van der Waals surface area contributed by atoms with Gasteiger partial charge in [-0.1, -0.05) is 115 Å². The van der Waals surface area contributed by atoms with E-state index in [1.165, 1.54) is 70.3 Å². The van der Waals surface area contributed by atoms with Crippen LogP contribution in [0.4, 0.5) is 0 Å². The molecule has 2 unspecified atom stereocenters. The number of nitrogens with one attached hydrogen (secondary N) is 1. The largest absolute Gasteiger partial charge is 0.387 e. The predicted octanol–water partition coefficient (Wildman–Crippen LogP) is 8.23. The third kappa shape index (κ3) is 27.9. The van der Waals surface area contributed by atoms with Crippen LogP contribution in [0.25, 0.3) is 0 Å². The first-order valence-electron chi connectivity index (χ1n) is 15.7. The average molecular weight is 570 g/mol. The molecular weight excluding hydrogens is 510 g/mol. The van der Waals surface area contributed by atoms with Crippen LogP contribution in [-0.2, 0) is 14.9 Å². The summed E-state index contributed by atoms with van der Waals surface area (Å²) >= 11 is 0. The molecule has 0 aromatic rings. The highest BCUT2D eigenvalue weighted by Crippen LogP contribution is 2.10. The Kier molecular flexibility index (Phi) is 25.8. The van der Waals surface area contributed by atoms with E-state index < -0.39 is 28.0 Å². The lowest BCUT2D eigenvalue weighted by Gasteiger charge is -2.21. The molecule has 0 rings (SSSR count). The summed E-state index contributed by atoms with van der Waals surface area (Å²) in [4.78, 5) is 12.4. The predicted molar refractivity (Wildman–Crippen MR) is 165 cm³/mol. The molecule has 6 nitrogen and oxygen atoms in total. The Labute approximate surface area is 240 Å². The summed E-state index contributed by atoms with van der Waals surface area (Å²) in [5, 5.41) is 13.1. The van der Waals surface area contributed by atoms with E-state index in [2.05, 4.69) is 43.5 Å². The lowest BCUT2D eigenvalue weighted by molar-refractivity contribution is -0.122. The Morgan fingerprint density at radius 3 is 1.64 bits per heavy atom. The zero-order chi connectivity index (χ0) is 29.0. The molecule has 0 radical (unpaired) electrons. The standard InChI is InChI=1S/C32H59NO5S/c1-3-5-7-9-11-13-15-16-18-20-22-24-26-28-32(35)33-30(29-39(36,37)38)31(34)27-25-23-21-19-17-14-12-10-8-6-4-2/h13,15,17,19,25,27,30-31,34H,3-12,14,16,18,20-24,26,28-29H2,1-2H3,(H,33,35)(H,36,37,38)/b15-13-,19-17+,27-25+. The molecule has 0 saturated heterocycles. The fourth-order valence-corrected chi connectivity index (χ4v) is 5.13. The summed E-state index contributed by atoms with van der Waals surface area (Å²) in [6.45, 7) is 4.44. The number of aliphatic hydroxyl groups is 1. The van der Waals surface area contributed by atoms with Crippen molar-refractivity contribution in [3.63, 3.8) is 0 Å². The molecule has 228 valence electrons. The number of carbonyl (C=O) groups is 1. The van der Waals surface area contributed by atoms with Gasteiger partial charge in [0.05, 0.1) is 17.9 Å². The first kappa shape index (κ1) is 37.6. The van der Waals surface area contributed by atoms with Gasteiger partial charge in [-0.25, -0.2) is 0 Å². The van der Waals surface area contributed by atoms with Gasteiger partial charge in [0.1, 0.15) is 0 Å². The molecule has 0 bridgehead atoms. The average Bonchev–Trinajstić information content (AvgIpc) is 2.88. The van der Waals surface area contributed by atoms with Crippen LogP contribution in [0.5, 0.6) is 0 Å². The Morgan fingerprint density at radius 2 is 1.10 bits per heavy atom. The number of amides is 1. The van der Waals surface area contributed by atoms with E-state index in [1.54, 1.807) is 6.08 Å². The number of carbonyl (C=O) groups excluding carboxylic acids is 1. The summed E-state index contributed by atoms with van der Waals surface area (Å²) in [5.74, 6) is -1.02. The minimum atomic E-state index is -4.34. The molecule has 7 heteroatoms. The van der Waals surface area contributed by atoms with E-state index >= 15 is 0 Å². The second-order valence-electron chi connectivity index (χ2n) is 10.7. The van der Waals surface area contributed by atoms with Gasteiger partial charge in [0, 0.05) is 6.42 Å². The van der Waals surface area contributed by atoms with Crippen LogP contribution < -0.4 is 5.32 Å². The third-order valence-corrected chi connectivity index (χ3v) is 7.57. The van der Waals surface area contributed by atoms with Crippen molar-refractivity contribution < 1.29 is 22.9 Å². The number of hydrogen-bond acceptors (Lipinski definition) is 4. The van der Waals surface area contributed by atoms with Crippen LogP contribution in [0.15, 0.2) is 36.5 Å². The Balaban J connectivity index is 4.16. The second kappa shape index (κ2) is 26.8. The molecule has 0 heterocycles. The summed E-state index contributed by atoms with van der Waals surface area (Å²) < 4.78 is 32.1. The van der Waals surface area contributed by atoms with Crippen molar-refractivity contribution in [2.75, 3.05) is 5.75 Å². The molecule has 0 spiro atoms. The van der Waals surface area contributed by atoms with Crippen molar-refractivity contribution in [3.8, 4) is 0 Å². The molecule has 1 amide bonds. The first-order chi connectivity index (χ1) is 18.8. The van der Waals surface area contributed by atoms with Gasteiger partial charge in [-0.2, -0.15) is 8.42 Å². The lowest BCUT2D eigenvalue weighted by Crippen LogP contribution is -2.46. The number of hydrogen-bond donors (Lipinski definition) is 3. The first-order valence-corrected chi connectivity index (χ1v) is 17.3. The molecular formula is C32H59NO5S. The number of rotatable bonds is 27. The van der Waals surface area contributed by atoms with E-state index in [0.29, 0.717) is 12.8 Å². The van der Waals surface area contributed by atoms with Crippen LogP contribution in [0.2, 0.25) is 0 Å². The minimum Gasteiger partial charge on any atom is -0.387 e. The fourth-order valence-electron chi connectivity index (χ4n) is 4.40. The SMILES string of the molecule is CCCCCC/C=C\CCCCCCCC(=O)NC(CS(=O)(=O)O)C(O)/C=C/CC/C=C/CCCCCCC. The molecule has 2 atom stereocenters. The molecule has 39 heavy (non-hydrogen) atoms. The molecule has 0 aromatic heterocycles. The van der Waals surface area contributed by atoms with E-state index in [1.807, 2.05) is 0 Å². The van der Waals surface area contributed by atoms with Gasteiger partial charge >= 0.3 is 0 Å². The molecule has 0 aliphatic rings. The normalized spacial score (nSPS) is 14.1. The quantitative estimate of drug-likeness (QED) is 0.0525. The molecule has 0 aromatic carbocycles. The van der Waals surface area contributed by atoms with Gasteiger partial charge in [-0.3, -0.25) is 9.35 Å². The Bertz CT molecular complexity index is 761. The monoisotopic (exact) mass is 569 g/mol. The number of aliphatic hydroxyl groups excluding tert-OH is 1. The zero-order valence-corrected chi connectivity index (χ0v) is 25.8. The van der Waals surface area contributed by atoms with E-state index in [-0.39, 0.29) is 12.3 Å².